The van der Waals surface area contributed by atoms with Gasteiger partial charge in [-0.05, 0) is 36.5 Å². The van der Waals surface area contributed by atoms with Crippen LogP contribution >= 0.6 is 36.4 Å². The van der Waals surface area contributed by atoms with Gasteiger partial charge in [-0.2, -0.15) is 0 Å². The van der Waals surface area contributed by atoms with Gasteiger partial charge >= 0.3 is 0 Å². The number of piperazine rings is 1. The van der Waals surface area contributed by atoms with Crippen LogP contribution in [0.1, 0.15) is 24.4 Å². The third-order valence-electron chi connectivity index (χ3n) is 3.89. The lowest BCUT2D eigenvalue weighted by Crippen LogP contribution is -2.45. The minimum atomic E-state index is -0.251. The molecule has 1 heterocycles. The average Bonchev–Trinajstić information content (AvgIpc) is 3.18. The SMILES string of the molecule is Cl.Cl.Fc1ccc([C@H](C2CC2)N2CCNCC2)c(Cl)c1. The van der Waals surface area contributed by atoms with Crippen LogP contribution in [0.4, 0.5) is 4.39 Å². The van der Waals surface area contributed by atoms with Gasteiger partial charge in [0, 0.05) is 37.2 Å². The smallest absolute Gasteiger partial charge is 0.124 e. The summed E-state index contributed by atoms with van der Waals surface area (Å²) < 4.78 is 13.2. The van der Waals surface area contributed by atoms with Crippen molar-refractivity contribution in [2.24, 2.45) is 5.92 Å². The molecular weight excluding hydrogens is 322 g/mol. The zero-order valence-corrected chi connectivity index (χ0v) is 13.5. The maximum atomic E-state index is 13.2. The topological polar surface area (TPSA) is 15.3 Å². The average molecular weight is 342 g/mol. The van der Waals surface area contributed by atoms with Crippen molar-refractivity contribution in [2.45, 2.75) is 18.9 Å². The molecule has 2 aliphatic rings. The Kier molecular flexibility index (Phi) is 7.02. The molecule has 0 bridgehead atoms. The third kappa shape index (κ3) is 3.99. The van der Waals surface area contributed by atoms with Gasteiger partial charge in [0.1, 0.15) is 5.82 Å². The normalized spacial score (nSPS) is 20.7. The summed E-state index contributed by atoms with van der Waals surface area (Å²) in [6.45, 7) is 4.16. The van der Waals surface area contributed by atoms with E-state index in [2.05, 4.69) is 10.2 Å². The maximum Gasteiger partial charge on any atom is 0.124 e. The summed E-state index contributed by atoms with van der Waals surface area (Å²) in [6.07, 6.45) is 2.53. The van der Waals surface area contributed by atoms with Crippen LogP contribution in [0.2, 0.25) is 5.02 Å². The first-order valence-electron chi connectivity index (χ1n) is 6.65. The zero-order valence-electron chi connectivity index (χ0n) is 11.1. The molecule has 114 valence electrons. The standard InChI is InChI=1S/C14H18ClFN2.2ClH/c15-13-9-11(16)3-4-12(13)14(10-1-2-10)18-7-5-17-6-8-18;;/h3-4,9-10,14,17H,1-2,5-8H2;2*1H/t14-;;/m0../s1. The van der Waals surface area contributed by atoms with Crippen molar-refractivity contribution in [1.82, 2.24) is 10.2 Å². The highest BCUT2D eigenvalue weighted by molar-refractivity contribution is 6.31. The van der Waals surface area contributed by atoms with Crippen LogP contribution in [0, 0.1) is 11.7 Å². The molecule has 1 aliphatic heterocycles. The predicted molar refractivity (Wildman–Crippen MR) is 85.8 cm³/mol. The molecule has 6 heteroatoms. The summed E-state index contributed by atoms with van der Waals surface area (Å²) in [5.74, 6) is 0.449. The molecule has 1 saturated carbocycles. The van der Waals surface area contributed by atoms with Crippen molar-refractivity contribution in [3.8, 4) is 0 Å². The Morgan fingerprint density at radius 3 is 2.40 bits per heavy atom. The van der Waals surface area contributed by atoms with Crippen molar-refractivity contribution >= 4 is 36.4 Å². The van der Waals surface area contributed by atoms with E-state index in [4.69, 9.17) is 11.6 Å². The molecule has 3 rings (SSSR count). The van der Waals surface area contributed by atoms with E-state index in [9.17, 15) is 4.39 Å². The third-order valence-corrected chi connectivity index (χ3v) is 4.22. The van der Waals surface area contributed by atoms with Gasteiger partial charge in [-0.25, -0.2) is 4.39 Å². The second kappa shape index (κ2) is 7.81. The highest BCUT2D eigenvalue weighted by Crippen LogP contribution is 2.46. The summed E-state index contributed by atoms with van der Waals surface area (Å²) in [6, 6.07) is 5.20. The van der Waals surface area contributed by atoms with E-state index in [-0.39, 0.29) is 30.6 Å². The first-order valence-corrected chi connectivity index (χ1v) is 7.03. The van der Waals surface area contributed by atoms with Crippen molar-refractivity contribution in [1.29, 1.82) is 0 Å². The highest BCUT2D eigenvalue weighted by Gasteiger charge is 2.37. The lowest BCUT2D eigenvalue weighted by atomic mass is 9.99. The molecule has 0 spiro atoms. The van der Waals surface area contributed by atoms with Gasteiger partial charge in [-0.1, -0.05) is 17.7 Å². The number of halogens is 4. The molecule has 1 saturated heterocycles. The largest absolute Gasteiger partial charge is 0.314 e. The molecule has 1 atom stereocenters. The van der Waals surface area contributed by atoms with E-state index >= 15 is 0 Å². The van der Waals surface area contributed by atoms with E-state index in [1.165, 1.54) is 25.0 Å². The van der Waals surface area contributed by atoms with Crippen LogP contribution in [-0.4, -0.2) is 31.1 Å². The lowest BCUT2D eigenvalue weighted by molar-refractivity contribution is 0.156. The fraction of sp³-hybridized carbons (Fsp3) is 0.571. The first kappa shape index (κ1) is 18.0. The fourth-order valence-electron chi connectivity index (χ4n) is 2.86. The number of nitrogens with zero attached hydrogens (tertiary/aromatic N) is 1. The van der Waals surface area contributed by atoms with Crippen LogP contribution in [-0.2, 0) is 0 Å². The number of rotatable bonds is 3. The van der Waals surface area contributed by atoms with Gasteiger partial charge in [0.25, 0.3) is 0 Å². The Morgan fingerprint density at radius 1 is 1.20 bits per heavy atom. The van der Waals surface area contributed by atoms with Gasteiger partial charge in [0.15, 0.2) is 0 Å². The van der Waals surface area contributed by atoms with E-state index < -0.39 is 0 Å². The highest BCUT2D eigenvalue weighted by atomic mass is 35.5. The van der Waals surface area contributed by atoms with Gasteiger partial charge < -0.3 is 5.32 Å². The van der Waals surface area contributed by atoms with Crippen LogP contribution in [0.15, 0.2) is 18.2 Å². The Hall–Kier alpha value is -0.0600. The Morgan fingerprint density at radius 2 is 1.85 bits per heavy atom. The summed E-state index contributed by atoms with van der Waals surface area (Å²) in [5.41, 5.74) is 1.10. The van der Waals surface area contributed by atoms with Crippen LogP contribution in [0.3, 0.4) is 0 Å². The lowest BCUT2D eigenvalue weighted by Gasteiger charge is -2.35. The summed E-state index contributed by atoms with van der Waals surface area (Å²) in [5, 5.41) is 3.94. The molecule has 1 aromatic rings. The van der Waals surface area contributed by atoms with Crippen molar-refractivity contribution in [2.75, 3.05) is 26.2 Å². The minimum Gasteiger partial charge on any atom is -0.314 e. The molecule has 20 heavy (non-hydrogen) atoms. The first-order chi connectivity index (χ1) is 8.75. The van der Waals surface area contributed by atoms with Gasteiger partial charge in [-0.3, -0.25) is 4.90 Å². The number of hydrogen-bond donors (Lipinski definition) is 1. The second-order valence-electron chi connectivity index (χ2n) is 5.23. The molecule has 2 fully saturated rings. The van der Waals surface area contributed by atoms with Crippen molar-refractivity contribution < 1.29 is 4.39 Å². The minimum absolute atomic E-state index is 0. The molecule has 1 aromatic carbocycles. The molecule has 0 unspecified atom stereocenters. The summed E-state index contributed by atoms with van der Waals surface area (Å²) in [7, 11) is 0. The van der Waals surface area contributed by atoms with Gasteiger partial charge in [0.05, 0.1) is 0 Å². The fourth-order valence-corrected chi connectivity index (χ4v) is 3.14. The predicted octanol–water partition coefficient (Wildman–Crippen LogP) is 3.68. The second-order valence-corrected chi connectivity index (χ2v) is 5.64. The molecule has 1 aliphatic carbocycles. The van der Waals surface area contributed by atoms with E-state index in [1.807, 2.05) is 6.07 Å². The Balaban J connectivity index is 0.000001000. The van der Waals surface area contributed by atoms with E-state index in [1.54, 1.807) is 0 Å². The maximum absolute atomic E-state index is 13.2. The van der Waals surface area contributed by atoms with Crippen molar-refractivity contribution in [3.63, 3.8) is 0 Å². The zero-order chi connectivity index (χ0) is 12.5. The van der Waals surface area contributed by atoms with Gasteiger partial charge in [0.2, 0.25) is 0 Å². The molecule has 0 aromatic heterocycles. The quantitative estimate of drug-likeness (QED) is 0.902. The molecule has 1 N–H and O–H groups in total. The molecule has 2 nitrogen and oxygen atoms in total. The van der Waals surface area contributed by atoms with Crippen LogP contribution in [0.5, 0.6) is 0 Å². The van der Waals surface area contributed by atoms with Crippen LogP contribution < -0.4 is 5.32 Å². The number of nitrogens with one attached hydrogen (secondary N) is 1. The Bertz CT molecular complexity index is 434. The van der Waals surface area contributed by atoms with E-state index in [0.717, 1.165) is 31.7 Å². The van der Waals surface area contributed by atoms with Gasteiger partial charge in [-0.15, -0.1) is 24.8 Å². The van der Waals surface area contributed by atoms with Crippen LogP contribution in [0.25, 0.3) is 0 Å². The Labute approximate surface area is 136 Å². The molecule has 0 radical (unpaired) electrons. The monoisotopic (exact) mass is 340 g/mol. The number of benzene rings is 1. The van der Waals surface area contributed by atoms with Crippen molar-refractivity contribution in [3.05, 3.63) is 34.6 Å². The van der Waals surface area contributed by atoms with E-state index in [0.29, 0.717) is 17.0 Å². The molecular formula is C14H20Cl3FN2. The molecule has 0 amide bonds. The number of hydrogen-bond acceptors (Lipinski definition) is 2. The summed E-state index contributed by atoms with van der Waals surface area (Å²) in [4.78, 5) is 2.49. The summed E-state index contributed by atoms with van der Waals surface area (Å²) >= 11 is 6.23.